The maximum absolute atomic E-state index is 10.3. The van der Waals surface area contributed by atoms with Gasteiger partial charge in [-0.3, -0.25) is 0 Å². The molecule has 0 aromatic heterocycles. The van der Waals surface area contributed by atoms with Gasteiger partial charge in [-0.25, -0.2) is 9.79 Å². The van der Waals surface area contributed by atoms with Crippen molar-refractivity contribution in [3.8, 4) is 11.5 Å². The molecule has 0 bridgehead atoms. The second-order valence-corrected chi connectivity index (χ2v) is 5.20. The van der Waals surface area contributed by atoms with Crippen molar-refractivity contribution in [2.75, 3.05) is 13.2 Å². The van der Waals surface area contributed by atoms with Gasteiger partial charge in [0.1, 0.15) is 13.2 Å². The molecule has 5 heteroatoms. The number of fused-ring (bicyclic) bond motifs is 1. The number of hydrogen-bond donors (Lipinski definition) is 0. The van der Waals surface area contributed by atoms with E-state index in [2.05, 4.69) is 34.8 Å². The summed E-state index contributed by atoms with van der Waals surface area (Å²) in [6.07, 6.45) is 1.57. The lowest BCUT2D eigenvalue weighted by atomic mass is 9.95. The van der Waals surface area contributed by atoms with Crippen LogP contribution in [0.15, 0.2) is 15.5 Å². The summed E-state index contributed by atoms with van der Waals surface area (Å²) in [6.45, 7) is 5.56. The van der Waals surface area contributed by atoms with Gasteiger partial charge in [0.05, 0.1) is 11.0 Å². The quantitative estimate of drug-likeness (QED) is 0.636. The fraction of sp³-hybridized carbons (Fsp3) is 0.462. The lowest BCUT2D eigenvalue weighted by Crippen LogP contribution is -2.18. The molecule has 1 heterocycles. The molecule has 18 heavy (non-hydrogen) atoms. The molecule has 0 saturated heterocycles. The number of halogens is 1. The van der Waals surface area contributed by atoms with Gasteiger partial charge in [-0.1, -0.05) is 13.8 Å². The maximum Gasteiger partial charge on any atom is 0.235 e. The van der Waals surface area contributed by atoms with E-state index in [1.54, 1.807) is 6.08 Å². The van der Waals surface area contributed by atoms with Crippen molar-refractivity contribution in [3.05, 3.63) is 21.7 Å². The highest BCUT2D eigenvalue weighted by molar-refractivity contribution is 9.10. The van der Waals surface area contributed by atoms with Crippen molar-refractivity contribution in [1.29, 1.82) is 0 Å². The van der Waals surface area contributed by atoms with E-state index in [4.69, 9.17) is 9.47 Å². The van der Waals surface area contributed by atoms with Crippen LogP contribution in [0.25, 0.3) is 0 Å². The van der Waals surface area contributed by atoms with Gasteiger partial charge in [0.15, 0.2) is 11.5 Å². The Kier molecular flexibility index (Phi) is 4.04. The predicted octanol–water partition coefficient (Wildman–Crippen LogP) is 3.18. The molecule has 0 saturated carbocycles. The first kappa shape index (κ1) is 13.1. The molecule has 0 spiro atoms. The van der Waals surface area contributed by atoms with E-state index in [1.807, 2.05) is 6.07 Å². The van der Waals surface area contributed by atoms with Crippen molar-refractivity contribution < 1.29 is 14.3 Å². The standard InChI is InChI=1S/C13H14BrNO3/c1-8(2)11-9(6-15-7-16)5-10(14)12-13(11)18-4-3-17-12/h5,8H,3-4,6H2,1-2H3. The molecular weight excluding hydrogens is 298 g/mol. The van der Waals surface area contributed by atoms with Gasteiger partial charge in [-0.05, 0) is 33.5 Å². The molecule has 1 aliphatic heterocycles. The first-order valence-electron chi connectivity index (χ1n) is 5.79. The largest absolute Gasteiger partial charge is 0.486 e. The van der Waals surface area contributed by atoms with Crippen molar-refractivity contribution >= 4 is 22.0 Å². The Balaban J connectivity index is 2.59. The minimum absolute atomic E-state index is 0.269. The molecular formula is C13H14BrNO3. The van der Waals surface area contributed by atoms with Gasteiger partial charge < -0.3 is 9.47 Å². The first-order chi connectivity index (χ1) is 8.65. The Morgan fingerprint density at radius 1 is 1.39 bits per heavy atom. The third kappa shape index (κ3) is 2.42. The van der Waals surface area contributed by atoms with Crippen LogP contribution in [-0.4, -0.2) is 19.3 Å². The van der Waals surface area contributed by atoms with Crippen LogP contribution in [0.1, 0.15) is 30.9 Å². The maximum atomic E-state index is 10.3. The average molecular weight is 312 g/mol. The summed E-state index contributed by atoms with van der Waals surface area (Å²) in [5.41, 5.74) is 2.01. The van der Waals surface area contributed by atoms with E-state index in [1.165, 1.54) is 0 Å². The van der Waals surface area contributed by atoms with Crippen LogP contribution in [0.5, 0.6) is 11.5 Å². The third-order valence-corrected chi connectivity index (χ3v) is 3.37. The van der Waals surface area contributed by atoms with E-state index < -0.39 is 0 Å². The summed E-state index contributed by atoms with van der Waals surface area (Å²) < 4.78 is 12.2. The van der Waals surface area contributed by atoms with Gasteiger partial charge in [0, 0.05) is 5.56 Å². The van der Waals surface area contributed by atoms with Crippen molar-refractivity contribution in [1.82, 2.24) is 0 Å². The number of hydrogen-bond acceptors (Lipinski definition) is 4. The molecule has 4 nitrogen and oxygen atoms in total. The number of rotatable bonds is 3. The average Bonchev–Trinajstić information content (AvgIpc) is 2.36. The van der Waals surface area contributed by atoms with Crippen molar-refractivity contribution in [2.45, 2.75) is 26.3 Å². The van der Waals surface area contributed by atoms with E-state index in [0.29, 0.717) is 19.8 Å². The van der Waals surface area contributed by atoms with Crippen LogP contribution < -0.4 is 9.47 Å². The number of isocyanates is 1. The number of nitrogens with zero attached hydrogens (tertiary/aromatic N) is 1. The zero-order valence-corrected chi connectivity index (χ0v) is 11.9. The minimum atomic E-state index is 0.269. The lowest BCUT2D eigenvalue weighted by molar-refractivity contribution is 0.168. The normalized spacial score (nSPS) is 13.3. The van der Waals surface area contributed by atoms with Crippen molar-refractivity contribution in [3.63, 3.8) is 0 Å². The summed E-state index contributed by atoms with van der Waals surface area (Å²) in [5, 5.41) is 0. The van der Waals surface area contributed by atoms with Crippen LogP contribution in [-0.2, 0) is 11.3 Å². The van der Waals surface area contributed by atoms with Crippen LogP contribution in [0.3, 0.4) is 0 Å². The van der Waals surface area contributed by atoms with E-state index in [9.17, 15) is 4.79 Å². The molecule has 0 N–H and O–H groups in total. The fourth-order valence-corrected chi connectivity index (χ4v) is 2.69. The topological polar surface area (TPSA) is 47.9 Å². The van der Waals surface area contributed by atoms with Crippen LogP contribution in [0.4, 0.5) is 0 Å². The smallest absolute Gasteiger partial charge is 0.235 e. The van der Waals surface area contributed by atoms with Crippen LogP contribution >= 0.6 is 15.9 Å². The monoisotopic (exact) mass is 311 g/mol. The highest BCUT2D eigenvalue weighted by Crippen LogP contribution is 2.45. The fourth-order valence-electron chi connectivity index (χ4n) is 2.12. The second-order valence-electron chi connectivity index (χ2n) is 4.35. The van der Waals surface area contributed by atoms with E-state index >= 15 is 0 Å². The van der Waals surface area contributed by atoms with Crippen LogP contribution in [0, 0.1) is 0 Å². The Morgan fingerprint density at radius 3 is 2.67 bits per heavy atom. The molecule has 0 fully saturated rings. The highest BCUT2D eigenvalue weighted by atomic mass is 79.9. The van der Waals surface area contributed by atoms with Gasteiger partial charge >= 0.3 is 0 Å². The Bertz CT molecular complexity index is 507. The number of aliphatic imine (C=N–C) groups is 1. The number of benzene rings is 1. The Labute approximate surface area is 114 Å². The summed E-state index contributed by atoms with van der Waals surface area (Å²) in [4.78, 5) is 13.9. The zero-order chi connectivity index (χ0) is 13.1. The molecule has 0 amide bonds. The third-order valence-electron chi connectivity index (χ3n) is 2.78. The van der Waals surface area contributed by atoms with Gasteiger partial charge in [-0.15, -0.1) is 0 Å². The van der Waals surface area contributed by atoms with E-state index in [0.717, 1.165) is 27.1 Å². The van der Waals surface area contributed by atoms with Crippen LogP contribution in [0.2, 0.25) is 0 Å². The molecule has 0 unspecified atom stereocenters. The Hall–Kier alpha value is -1.32. The van der Waals surface area contributed by atoms with Gasteiger partial charge in [0.2, 0.25) is 6.08 Å². The molecule has 0 aliphatic carbocycles. The Morgan fingerprint density at radius 2 is 2.06 bits per heavy atom. The summed E-state index contributed by atoms with van der Waals surface area (Å²) >= 11 is 3.46. The summed E-state index contributed by atoms with van der Waals surface area (Å²) in [6, 6.07) is 1.93. The molecule has 96 valence electrons. The molecule has 1 aromatic rings. The minimum Gasteiger partial charge on any atom is -0.486 e. The zero-order valence-electron chi connectivity index (χ0n) is 10.3. The first-order valence-corrected chi connectivity index (χ1v) is 6.59. The lowest BCUT2D eigenvalue weighted by Gasteiger charge is -2.25. The SMILES string of the molecule is CC(C)c1c(CN=C=O)cc(Br)c2c1OCCO2. The molecule has 0 atom stereocenters. The molecule has 1 aromatic carbocycles. The summed E-state index contributed by atoms with van der Waals surface area (Å²) in [7, 11) is 0. The van der Waals surface area contributed by atoms with Crippen molar-refractivity contribution in [2.24, 2.45) is 4.99 Å². The van der Waals surface area contributed by atoms with Gasteiger partial charge in [-0.2, -0.15) is 0 Å². The second kappa shape index (κ2) is 5.55. The molecule has 2 rings (SSSR count). The number of ether oxygens (including phenoxy) is 2. The molecule has 1 aliphatic rings. The number of carbonyl (C=O) groups excluding carboxylic acids is 1. The molecule has 0 radical (unpaired) electrons. The van der Waals surface area contributed by atoms with Gasteiger partial charge in [0.25, 0.3) is 0 Å². The predicted molar refractivity (Wildman–Crippen MR) is 71.0 cm³/mol. The highest BCUT2D eigenvalue weighted by Gasteiger charge is 2.24. The van der Waals surface area contributed by atoms with E-state index in [-0.39, 0.29) is 5.92 Å². The summed E-state index contributed by atoms with van der Waals surface area (Å²) in [5.74, 6) is 1.77.